The van der Waals surface area contributed by atoms with Gasteiger partial charge >= 0.3 is 12.1 Å². The fourth-order valence-electron chi connectivity index (χ4n) is 5.16. The third kappa shape index (κ3) is 5.48. The van der Waals surface area contributed by atoms with Crippen LogP contribution in [0.2, 0.25) is 0 Å². The lowest BCUT2D eigenvalue weighted by molar-refractivity contribution is -0.149. The van der Waals surface area contributed by atoms with Gasteiger partial charge in [-0.1, -0.05) is 67.8 Å². The van der Waals surface area contributed by atoms with Gasteiger partial charge in [-0.25, -0.2) is 9.59 Å². The second-order valence-electron chi connectivity index (χ2n) is 9.24. The molecule has 0 bridgehead atoms. The number of nitrogens with one attached hydrogen (secondary N) is 2. The van der Waals surface area contributed by atoms with Crippen LogP contribution in [0.25, 0.3) is 11.1 Å². The molecule has 7 nitrogen and oxygen atoms in total. The molecule has 0 unspecified atom stereocenters. The zero-order valence-corrected chi connectivity index (χ0v) is 20.7. The number of aliphatic carboxylic acids is 1. The summed E-state index contributed by atoms with van der Waals surface area (Å²) in [5.41, 5.74) is 3.23. The van der Waals surface area contributed by atoms with Crippen LogP contribution in [0.5, 0.6) is 0 Å². The molecule has 2 aliphatic rings. The highest BCUT2D eigenvalue weighted by Gasteiger charge is 2.42. The van der Waals surface area contributed by atoms with Gasteiger partial charge in [0.15, 0.2) is 0 Å². The topological polar surface area (TPSA) is 105 Å². The van der Waals surface area contributed by atoms with E-state index in [1.807, 2.05) is 42.7 Å². The number of fused-ring (bicyclic) bond motifs is 3. The van der Waals surface area contributed by atoms with Crippen molar-refractivity contribution < 1.29 is 24.2 Å². The predicted molar refractivity (Wildman–Crippen MR) is 137 cm³/mol. The maximum atomic E-state index is 13.1. The number of ether oxygens (including phenoxy) is 1. The number of carbonyl (C=O) groups excluding carboxylic acids is 2. The summed E-state index contributed by atoms with van der Waals surface area (Å²) in [5.74, 6) is -0.932. The number of amides is 2. The number of benzene rings is 2. The summed E-state index contributed by atoms with van der Waals surface area (Å²) in [4.78, 5) is 37.9. The van der Waals surface area contributed by atoms with Gasteiger partial charge in [0, 0.05) is 5.92 Å². The van der Waals surface area contributed by atoms with E-state index in [2.05, 4.69) is 22.8 Å². The minimum Gasteiger partial charge on any atom is -0.480 e. The second-order valence-corrected chi connectivity index (χ2v) is 10.2. The van der Waals surface area contributed by atoms with Crippen LogP contribution in [-0.2, 0) is 14.3 Å². The van der Waals surface area contributed by atoms with Crippen LogP contribution in [0.1, 0.15) is 55.6 Å². The number of carboxylic acids is 1. The SMILES string of the molecule is CSCC[C@H](NC(=O)OCC1c2ccccc2-c2ccccc21)C(=O)NC1(C(=O)O)CCCCC1. The Bertz CT molecular complexity index is 1040. The molecule has 35 heavy (non-hydrogen) atoms. The van der Waals surface area contributed by atoms with Crippen molar-refractivity contribution in [3.8, 4) is 11.1 Å². The van der Waals surface area contributed by atoms with Gasteiger partial charge in [0.05, 0.1) is 0 Å². The first-order valence-corrected chi connectivity index (χ1v) is 13.5. The number of hydrogen-bond acceptors (Lipinski definition) is 5. The molecule has 2 aromatic carbocycles. The molecule has 2 aromatic rings. The molecule has 0 aliphatic heterocycles. The lowest BCUT2D eigenvalue weighted by Crippen LogP contribution is -2.60. The third-order valence-electron chi connectivity index (χ3n) is 7.04. The highest BCUT2D eigenvalue weighted by molar-refractivity contribution is 7.98. The average Bonchev–Trinajstić information content (AvgIpc) is 3.19. The number of alkyl carbamates (subject to hydrolysis) is 1. The first-order chi connectivity index (χ1) is 16.9. The van der Waals surface area contributed by atoms with Crippen LogP contribution < -0.4 is 10.6 Å². The zero-order chi connectivity index (χ0) is 24.8. The van der Waals surface area contributed by atoms with E-state index >= 15 is 0 Å². The van der Waals surface area contributed by atoms with Crippen LogP contribution in [0.3, 0.4) is 0 Å². The van der Waals surface area contributed by atoms with Crippen molar-refractivity contribution in [3.63, 3.8) is 0 Å². The van der Waals surface area contributed by atoms with Gasteiger partial charge in [0.2, 0.25) is 5.91 Å². The largest absolute Gasteiger partial charge is 0.480 e. The van der Waals surface area contributed by atoms with Gasteiger partial charge in [0.25, 0.3) is 0 Å². The Hall–Kier alpha value is -3.00. The van der Waals surface area contributed by atoms with Gasteiger partial charge in [-0.2, -0.15) is 11.8 Å². The van der Waals surface area contributed by atoms with Gasteiger partial charge in [0.1, 0.15) is 18.2 Å². The first kappa shape index (κ1) is 25.1. The maximum absolute atomic E-state index is 13.1. The van der Waals surface area contributed by atoms with E-state index < -0.39 is 29.6 Å². The van der Waals surface area contributed by atoms with Gasteiger partial charge < -0.3 is 20.5 Å². The Labute approximate surface area is 210 Å². The fourth-order valence-corrected chi connectivity index (χ4v) is 5.63. The van der Waals surface area contributed by atoms with E-state index in [1.54, 1.807) is 11.8 Å². The second kappa shape index (κ2) is 11.2. The van der Waals surface area contributed by atoms with E-state index in [9.17, 15) is 19.5 Å². The molecule has 0 heterocycles. The quantitative estimate of drug-likeness (QED) is 0.470. The van der Waals surface area contributed by atoms with Crippen molar-refractivity contribution in [1.29, 1.82) is 0 Å². The van der Waals surface area contributed by atoms with Crippen LogP contribution in [-0.4, -0.2) is 53.3 Å². The van der Waals surface area contributed by atoms with Crippen LogP contribution >= 0.6 is 11.8 Å². The molecule has 1 saturated carbocycles. The molecule has 3 N–H and O–H groups in total. The van der Waals surface area contributed by atoms with Crippen molar-refractivity contribution in [2.24, 2.45) is 0 Å². The summed E-state index contributed by atoms with van der Waals surface area (Å²) in [6.45, 7) is 0.149. The summed E-state index contributed by atoms with van der Waals surface area (Å²) in [6, 6.07) is 15.3. The fraction of sp³-hybridized carbons (Fsp3) is 0.444. The highest BCUT2D eigenvalue weighted by Crippen LogP contribution is 2.44. The number of rotatable bonds is 9. The number of thioether (sulfide) groups is 1. The summed E-state index contributed by atoms with van der Waals surface area (Å²) < 4.78 is 5.61. The van der Waals surface area contributed by atoms with Crippen molar-refractivity contribution in [1.82, 2.24) is 10.6 Å². The first-order valence-electron chi connectivity index (χ1n) is 12.1. The van der Waals surface area contributed by atoms with Gasteiger partial charge in [-0.15, -0.1) is 0 Å². The summed E-state index contributed by atoms with van der Waals surface area (Å²) in [7, 11) is 0. The molecule has 0 aromatic heterocycles. The molecule has 0 spiro atoms. The summed E-state index contributed by atoms with van der Waals surface area (Å²) >= 11 is 1.56. The number of carboxylic acid groups (broad SMARTS) is 1. The number of carbonyl (C=O) groups is 3. The van der Waals surface area contributed by atoms with E-state index in [-0.39, 0.29) is 12.5 Å². The molecule has 4 rings (SSSR count). The Morgan fingerprint density at radius 1 is 1.03 bits per heavy atom. The lowest BCUT2D eigenvalue weighted by atomic mass is 9.81. The molecule has 0 radical (unpaired) electrons. The average molecular weight is 497 g/mol. The number of hydrogen-bond donors (Lipinski definition) is 3. The van der Waals surface area contributed by atoms with Crippen LogP contribution in [0.4, 0.5) is 4.79 Å². The molecule has 186 valence electrons. The van der Waals surface area contributed by atoms with Gasteiger partial charge in [-0.05, 0) is 53.5 Å². The molecular weight excluding hydrogens is 464 g/mol. The van der Waals surface area contributed by atoms with E-state index in [1.165, 1.54) is 0 Å². The molecular formula is C27H32N2O5S. The van der Waals surface area contributed by atoms with E-state index in [0.717, 1.165) is 41.5 Å². The molecule has 2 amide bonds. The molecule has 1 atom stereocenters. The maximum Gasteiger partial charge on any atom is 0.407 e. The minimum atomic E-state index is -1.27. The Kier molecular flexibility index (Phi) is 8.00. The lowest BCUT2D eigenvalue weighted by Gasteiger charge is -2.35. The molecule has 0 saturated heterocycles. The normalized spacial score (nSPS) is 17.1. The van der Waals surface area contributed by atoms with Crippen LogP contribution in [0, 0.1) is 0 Å². The van der Waals surface area contributed by atoms with Crippen molar-refractivity contribution >= 4 is 29.7 Å². The van der Waals surface area contributed by atoms with Crippen molar-refractivity contribution in [2.45, 2.75) is 56.0 Å². The third-order valence-corrected chi connectivity index (χ3v) is 7.69. The zero-order valence-electron chi connectivity index (χ0n) is 19.9. The Morgan fingerprint density at radius 2 is 1.63 bits per heavy atom. The minimum absolute atomic E-state index is 0.0795. The van der Waals surface area contributed by atoms with Gasteiger partial charge in [-0.3, -0.25) is 4.79 Å². The molecule has 2 aliphatic carbocycles. The molecule has 8 heteroatoms. The van der Waals surface area contributed by atoms with E-state index in [4.69, 9.17) is 4.74 Å². The van der Waals surface area contributed by atoms with Crippen molar-refractivity contribution in [3.05, 3.63) is 59.7 Å². The Morgan fingerprint density at radius 3 is 2.20 bits per heavy atom. The van der Waals surface area contributed by atoms with Crippen molar-refractivity contribution in [2.75, 3.05) is 18.6 Å². The monoisotopic (exact) mass is 496 g/mol. The molecule has 1 fully saturated rings. The Balaban J connectivity index is 1.42. The van der Waals surface area contributed by atoms with E-state index in [0.29, 0.717) is 25.0 Å². The smallest absolute Gasteiger partial charge is 0.407 e. The van der Waals surface area contributed by atoms with Crippen LogP contribution in [0.15, 0.2) is 48.5 Å². The summed E-state index contributed by atoms with van der Waals surface area (Å²) in [6.07, 6.45) is 4.88. The predicted octanol–water partition coefficient (Wildman–Crippen LogP) is 4.55. The highest BCUT2D eigenvalue weighted by atomic mass is 32.2. The summed E-state index contributed by atoms with van der Waals surface area (Å²) in [5, 5.41) is 15.3. The standard InChI is InChI=1S/C27H32N2O5S/c1-35-16-13-23(24(30)29-27(25(31)32)14-7-2-8-15-27)28-26(33)34-17-22-20-11-5-3-9-18(20)19-10-4-6-12-21(19)22/h3-6,9-12,22-23H,2,7-8,13-17H2,1H3,(H,28,33)(H,29,30)(H,31,32)/t23-/m0/s1.